The van der Waals surface area contributed by atoms with Crippen molar-refractivity contribution in [2.45, 2.75) is 6.42 Å². The number of nitro groups is 1. The number of ether oxygens (including phenoxy) is 1. The molecule has 0 saturated heterocycles. The van der Waals surface area contributed by atoms with Gasteiger partial charge in [-0.15, -0.1) is 0 Å². The molecule has 0 aliphatic carbocycles. The number of nitro benzene ring substituents is 1. The van der Waals surface area contributed by atoms with Crippen molar-refractivity contribution in [3.05, 3.63) is 40.0 Å². The van der Waals surface area contributed by atoms with E-state index in [4.69, 9.17) is 5.11 Å². The molecule has 17 heavy (non-hydrogen) atoms. The Bertz CT molecular complexity index is 467. The molecule has 0 heterocycles. The van der Waals surface area contributed by atoms with Crippen LogP contribution in [0.25, 0.3) is 6.08 Å². The second-order valence-electron chi connectivity index (χ2n) is 3.18. The van der Waals surface area contributed by atoms with Crippen LogP contribution in [0.5, 0.6) is 5.75 Å². The van der Waals surface area contributed by atoms with E-state index in [1.807, 2.05) is 0 Å². The first kappa shape index (κ1) is 12.7. The van der Waals surface area contributed by atoms with E-state index in [-0.39, 0.29) is 17.9 Å². The Balaban J connectivity index is 2.90. The fraction of sp³-hybridized carbons (Fsp3) is 0.182. The van der Waals surface area contributed by atoms with Crippen molar-refractivity contribution in [2.24, 2.45) is 0 Å². The van der Waals surface area contributed by atoms with Gasteiger partial charge >= 0.3 is 5.97 Å². The average Bonchev–Trinajstić information content (AvgIpc) is 2.30. The zero-order chi connectivity index (χ0) is 12.8. The van der Waals surface area contributed by atoms with Crippen LogP contribution in [-0.2, 0) is 9.53 Å². The van der Waals surface area contributed by atoms with Crippen molar-refractivity contribution in [1.82, 2.24) is 0 Å². The molecule has 0 fully saturated rings. The van der Waals surface area contributed by atoms with E-state index < -0.39 is 10.9 Å². The first-order valence-corrected chi connectivity index (χ1v) is 4.75. The lowest BCUT2D eigenvalue weighted by Crippen LogP contribution is -1.97. The molecule has 0 spiro atoms. The molecule has 90 valence electrons. The molecule has 1 rings (SSSR count). The van der Waals surface area contributed by atoms with Gasteiger partial charge in [-0.3, -0.25) is 14.9 Å². The highest BCUT2D eigenvalue weighted by atomic mass is 16.6. The van der Waals surface area contributed by atoms with Crippen molar-refractivity contribution in [3.8, 4) is 5.75 Å². The highest BCUT2D eigenvalue weighted by Crippen LogP contribution is 2.24. The van der Waals surface area contributed by atoms with Crippen LogP contribution in [0.1, 0.15) is 12.0 Å². The molecule has 0 radical (unpaired) electrons. The van der Waals surface area contributed by atoms with E-state index in [1.54, 1.807) is 0 Å². The summed E-state index contributed by atoms with van der Waals surface area (Å²) in [5.41, 5.74) is 0.0998. The first-order chi connectivity index (χ1) is 8.04. The summed E-state index contributed by atoms with van der Waals surface area (Å²) in [5, 5.41) is 19.8. The summed E-state index contributed by atoms with van der Waals surface area (Å²) in [6.45, 7) is 0. The molecular weight excluding hydrogens is 226 g/mol. The number of nitrogens with zero attached hydrogens (tertiary/aromatic N) is 1. The van der Waals surface area contributed by atoms with Crippen LogP contribution in [0, 0.1) is 10.1 Å². The van der Waals surface area contributed by atoms with Crippen molar-refractivity contribution < 1.29 is 19.6 Å². The highest BCUT2D eigenvalue weighted by molar-refractivity contribution is 5.73. The number of hydrogen-bond acceptors (Lipinski definition) is 5. The lowest BCUT2D eigenvalue weighted by atomic mass is 10.1. The number of phenolic OH excluding ortho intramolecular Hbond substituents is 1. The van der Waals surface area contributed by atoms with E-state index in [9.17, 15) is 14.9 Å². The quantitative estimate of drug-likeness (QED) is 0.490. The zero-order valence-electron chi connectivity index (χ0n) is 9.12. The standard InChI is InChI=1S/C11H11NO5/c1-17-11(14)4-2-3-8-5-6-9(13)7-10(8)12(15)16/h2-3,5-7,13H,4H2,1H3. The Morgan fingerprint density at radius 3 is 2.88 bits per heavy atom. The number of esters is 1. The van der Waals surface area contributed by atoms with Crippen LogP contribution in [0.2, 0.25) is 0 Å². The second kappa shape index (κ2) is 5.64. The molecule has 0 amide bonds. The molecule has 1 aromatic rings. The predicted octanol–water partition coefficient (Wildman–Crippen LogP) is 1.88. The summed E-state index contributed by atoms with van der Waals surface area (Å²) < 4.78 is 4.42. The SMILES string of the molecule is COC(=O)CC=Cc1ccc(O)cc1[N+](=O)[O-]. The van der Waals surface area contributed by atoms with E-state index in [2.05, 4.69) is 4.74 Å². The van der Waals surface area contributed by atoms with Crippen molar-refractivity contribution >= 4 is 17.7 Å². The van der Waals surface area contributed by atoms with E-state index >= 15 is 0 Å². The van der Waals surface area contributed by atoms with Crippen LogP contribution in [0.4, 0.5) is 5.69 Å². The number of phenols is 1. The van der Waals surface area contributed by atoms with Gasteiger partial charge in [0, 0.05) is 0 Å². The number of hydrogen-bond donors (Lipinski definition) is 1. The van der Waals surface area contributed by atoms with Gasteiger partial charge in [-0.25, -0.2) is 0 Å². The van der Waals surface area contributed by atoms with Gasteiger partial charge in [-0.1, -0.05) is 12.2 Å². The number of carbonyl (C=O) groups is 1. The van der Waals surface area contributed by atoms with Crippen LogP contribution < -0.4 is 0 Å². The summed E-state index contributed by atoms with van der Waals surface area (Å²) in [4.78, 5) is 20.9. The Labute approximate surface area is 97.3 Å². The monoisotopic (exact) mass is 237 g/mol. The highest BCUT2D eigenvalue weighted by Gasteiger charge is 2.12. The number of carbonyl (C=O) groups excluding carboxylic acids is 1. The predicted molar refractivity (Wildman–Crippen MR) is 60.4 cm³/mol. The van der Waals surface area contributed by atoms with E-state index in [0.29, 0.717) is 5.56 Å². The molecule has 0 aromatic heterocycles. The van der Waals surface area contributed by atoms with Gasteiger partial charge in [0.1, 0.15) is 5.75 Å². The van der Waals surface area contributed by atoms with Crippen LogP contribution in [-0.4, -0.2) is 23.1 Å². The van der Waals surface area contributed by atoms with Crippen molar-refractivity contribution in [1.29, 1.82) is 0 Å². The van der Waals surface area contributed by atoms with Gasteiger partial charge in [-0.2, -0.15) is 0 Å². The maximum atomic E-state index is 10.8. The third kappa shape index (κ3) is 3.60. The van der Waals surface area contributed by atoms with Crippen LogP contribution >= 0.6 is 0 Å². The lowest BCUT2D eigenvalue weighted by molar-refractivity contribution is -0.385. The number of benzene rings is 1. The fourth-order valence-corrected chi connectivity index (χ4v) is 1.20. The minimum Gasteiger partial charge on any atom is -0.508 e. The maximum Gasteiger partial charge on any atom is 0.309 e. The smallest absolute Gasteiger partial charge is 0.309 e. The van der Waals surface area contributed by atoms with Crippen LogP contribution in [0.3, 0.4) is 0 Å². The van der Waals surface area contributed by atoms with Crippen LogP contribution in [0.15, 0.2) is 24.3 Å². The summed E-state index contributed by atoms with van der Waals surface area (Å²) in [6, 6.07) is 3.80. The largest absolute Gasteiger partial charge is 0.508 e. The van der Waals surface area contributed by atoms with Gasteiger partial charge in [0.2, 0.25) is 0 Å². The lowest BCUT2D eigenvalue weighted by Gasteiger charge is -1.98. The Kier molecular flexibility index (Phi) is 4.21. The zero-order valence-corrected chi connectivity index (χ0v) is 9.12. The van der Waals surface area contributed by atoms with Gasteiger partial charge in [0.05, 0.1) is 30.1 Å². The molecule has 6 heteroatoms. The van der Waals surface area contributed by atoms with E-state index in [1.165, 1.54) is 31.4 Å². The third-order valence-corrected chi connectivity index (χ3v) is 2.02. The van der Waals surface area contributed by atoms with Gasteiger partial charge < -0.3 is 9.84 Å². The van der Waals surface area contributed by atoms with Gasteiger partial charge in [0.25, 0.3) is 5.69 Å². The number of rotatable bonds is 4. The summed E-state index contributed by atoms with van der Waals surface area (Å²) in [6.07, 6.45) is 2.94. The molecule has 0 saturated carbocycles. The Morgan fingerprint density at radius 1 is 1.59 bits per heavy atom. The molecule has 0 bridgehead atoms. The molecule has 0 atom stereocenters. The molecule has 0 unspecified atom stereocenters. The molecular formula is C11H11NO5. The maximum absolute atomic E-state index is 10.8. The molecule has 6 nitrogen and oxygen atoms in total. The minimum absolute atomic E-state index is 0.0362. The summed E-state index contributed by atoms with van der Waals surface area (Å²) >= 11 is 0. The molecule has 0 aliphatic heterocycles. The normalized spacial score (nSPS) is 10.4. The Morgan fingerprint density at radius 2 is 2.29 bits per heavy atom. The Hall–Kier alpha value is -2.37. The topological polar surface area (TPSA) is 89.7 Å². The minimum atomic E-state index is -0.600. The van der Waals surface area contributed by atoms with E-state index in [0.717, 1.165) is 6.07 Å². The molecule has 1 aromatic carbocycles. The van der Waals surface area contributed by atoms with Gasteiger partial charge in [-0.05, 0) is 12.1 Å². The third-order valence-electron chi connectivity index (χ3n) is 2.02. The second-order valence-corrected chi connectivity index (χ2v) is 3.18. The number of aromatic hydroxyl groups is 1. The van der Waals surface area contributed by atoms with Crippen molar-refractivity contribution in [3.63, 3.8) is 0 Å². The molecule has 1 N–H and O–H groups in total. The van der Waals surface area contributed by atoms with Crippen molar-refractivity contribution in [2.75, 3.05) is 7.11 Å². The fourth-order valence-electron chi connectivity index (χ4n) is 1.20. The van der Waals surface area contributed by atoms with Gasteiger partial charge in [0.15, 0.2) is 0 Å². The first-order valence-electron chi connectivity index (χ1n) is 4.75. The summed E-state index contributed by atoms with van der Waals surface area (Å²) in [7, 11) is 1.26. The summed E-state index contributed by atoms with van der Waals surface area (Å²) in [5.74, 6) is -0.607. The average molecular weight is 237 g/mol. The number of methoxy groups -OCH3 is 1. The molecule has 0 aliphatic rings.